The van der Waals surface area contributed by atoms with Crippen molar-refractivity contribution in [3.8, 4) is 5.75 Å². The zero-order valence-corrected chi connectivity index (χ0v) is 12.7. The molecule has 2 N–H and O–H groups in total. The molecule has 0 atom stereocenters. The number of carbonyl (C=O) groups excluding carboxylic acids is 1. The predicted octanol–water partition coefficient (Wildman–Crippen LogP) is 3.97. The number of hydrogen-bond acceptors (Lipinski definition) is 4. The summed E-state index contributed by atoms with van der Waals surface area (Å²) >= 11 is 8.98. The molecule has 0 fully saturated rings. The Morgan fingerprint density at radius 3 is 2.67 bits per heavy atom. The maximum Gasteiger partial charge on any atom is 0.294 e. The van der Waals surface area contributed by atoms with Gasteiger partial charge in [-0.05, 0) is 40.2 Å². The minimum absolute atomic E-state index is 0.0183. The molecule has 0 heterocycles. The predicted molar refractivity (Wildman–Crippen MR) is 81.9 cm³/mol. The number of halogens is 2. The van der Waals surface area contributed by atoms with E-state index in [0.29, 0.717) is 4.47 Å². The van der Waals surface area contributed by atoms with Gasteiger partial charge in [0.1, 0.15) is 11.4 Å². The first-order valence-corrected chi connectivity index (χ1v) is 6.80. The third kappa shape index (κ3) is 3.32. The number of aromatic hydroxyl groups is 1. The van der Waals surface area contributed by atoms with Gasteiger partial charge in [0, 0.05) is 11.6 Å². The first-order chi connectivity index (χ1) is 9.90. The van der Waals surface area contributed by atoms with Crippen LogP contribution in [-0.4, -0.2) is 15.9 Å². The van der Waals surface area contributed by atoms with Gasteiger partial charge in [0.2, 0.25) is 0 Å². The summed E-state index contributed by atoms with van der Waals surface area (Å²) in [6, 6.07) is 8.23. The van der Waals surface area contributed by atoms with Crippen molar-refractivity contribution in [2.24, 2.45) is 0 Å². The number of rotatable bonds is 3. The highest BCUT2D eigenvalue weighted by Gasteiger charge is 2.19. The van der Waals surface area contributed by atoms with Crippen LogP contribution < -0.4 is 5.32 Å². The molecule has 0 aliphatic carbocycles. The highest BCUT2D eigenvalue weighted by molar-refractivity contribution is 9.10. The summed E-state index contributed by atoms with van der Waals surface area (Å²) in [7, 11) is 0. The van der Waals surface area contributed by atoms with Crippen molar-refractivity contribution in [3.05, 3.63) is 61.6 Å². The van der Waals surface area contributed by atoms with Gasteiger partial charge in [-0.25, -0.2) is 0 Å². The Morgan fingerprint density at radius 2 is 2.05 bits per heavy atom. The second-order valence-electron chi connectivity index (χ2n) is 4.01. The van der Waals surface area contributed by atoms with Crippen LogP contribution in [0.2, 0.25) is 5.02 Å². The van der Waals surface area contributed by atoms with E-state index < -0.39 is 10.8 Å². The molecule has 0 aromatic heterocycles. The average Bonchev–Trinajstić information content (AvgIpc) is 2.43. The zero-order chi connectivity index (χ0) is 15.6. The largest absolute Gasteiger partial charge is 0.507 e. The summed E-state index contributed by atoms with van der Waals surface area (Å²) in [6.45, 7) is 0. The molecule has 21 heavy (non-hydrogen) atoms. The molecule has 0 saturated carbocycles. The number of anilines is 1. The van der Waals surface area contributed by atoms with Crippen molar-refractivity contribution in [3.63, 3.8) is 0 Å². The summed E-state index contributed by atoms with van der Waals surface area (Å²) in [5, 5.41) is 22.8. The molecule has 1 amide bonds. The number of nitrogens with one attached hydrogen (secondary N) is 1. The molecule has 0 spiro atoms. The molecule has 8 heteroatoms. The van der Waals surface area contributed by atoms with Crippen LogP contribution in [0.15, 0.2) is 40.9 Å². The number of benzene rings is 2. The van der Waals surface area contributed by atoms with Gasteiger partial charge in [-0.15, -0.1) is 0 Å². The molecular weight excluding hydrogens is 364 g/mol. The van der Waals surface area contributed by atoms with Crippen molar-refractivity contribution >= 4 is 44.8 Å². The lowest BCUT2D eigenvalue weighted by Gasteiger charge is -2.08. The van der Waals surface area contributed by atoms with Crippen molar-refractivity contribution in [1.82, 2.24) is 0 Å². The minimum atomic E-state index is -0.631. The van der Waals surface area contributed by atoms with Crippen molar-refractivity contribution in [2.45, 2.75) is 0 Å². The molecule has 0 aliphatic rings. The van der Waals surface area contributed by atoms with Gasteiger partial charge < -0.3 is 10.4 Å². The number of nitro groups is 1. The lowest BCUT2D eigenvalue weighted by molar-refractivity contribution is -0.383. The Kier molecular flexibility index (Phi) is 4.44. The molecule has 0 aliphatic heterocycles. The number of phenolic OH excluding ortho intramolecular Hbond substituents is 1. The highest BCUT2D eigenvalue weighted by atomic mass is 79.9. The lowest BCUT2D eigenvalue weighted by Crippen LogP contribution is -2.13. The van der Waals surface area contributed by atoms with Crippen LogP contribution in [0.5, 0.6) is 5.75 Å². The van der Waals surface area contributed by atoms with E-state index in [1.165, 1.54) is 36.4 Å². The third-order valence-electron chi connectivity index (χ3n) is 2.64. The van der Waals surface area contributed by atoms with Gasteiger partial charge >= 0.3 is 0 Å². The molecule has 2 aromatic carbocycles. The van der Waals surface area contributed by atoms with Gasteiger partial charge in [0.25, 0.3) is 11.6 Å². The quantitative estimate of drug-likeness (QED) is 0.631. The third-order valence-corrected chi connectivity index (χ3v) is 3.59. The van der Waals surface area contributed by atoms with E-state index in [2.05, 4.69) is 21.2 Å². The Balaban J connectivity index is 2.36. The number of nitro benzene ring substituents is 1. The Hall–Kier alpha value is -2.12. The highest BCUT2D eigenvalue weighted by Crippen LogP contribution is 2.32. The van der Waals surface area contributed by atoms with Crippen LogP contribution in [0.1, 0.15) is 10.4 Å². The SMILES string of the molecule is O=C(Nc1c(Cl)cccc1[N+](=O)[O-])c1ccc(O)c(Br)c1. The van der Waals surface area contributed by atoms with Crippen molar-refractivity contribution in [2.75, 3.05) is 5.32 Å². The number of para-hydroxylation sites is 1. The van der Waals surface area contributed by atoms with Gasteiger partial charge in [-0.2, -0.15) is 0 Å². The molecule has 2 rings (SSSR count). The first-order valence-electron chi connectivity index (χ1n) is 5.63. The normalized spacial score (nSPS) is 10.2. The van der Waals surface area contributed by atoms with Gasteiger partial charge in [-0.1, -0.05) is 17.7 Å². The molecule has 6 nitrogen and oxygen atoms in total. The monoisotopic (exact) mass is 370 g/mol. The van der Waals surface area contributed by atoms with Crippen molar-refractivity contribution < 1.29 is 14.8 Å². The maximum atomic E-state index is 12.1. The molecule has 0 saturated heterocycles. The van der Waals surface area contributed by atoms with E-state index >= 15 is 0 Å². The molecule has 108 valence electrons. The number of hydrogen-bond donors (Lipinski definition) is 2. The second kappa shape index (κ2) is 6.11. The molecule has 0 unspecified atom stereocenters. The minimum Gasteiger partial charge on any atom is -0.507 e. The summed E-state index contributed by atoms with van der Waals surface area (Å²) in [5.41, 5.74) is -0.152. The van der Waals surface area contributed by atoms with E-state index in [9.17, 15) is 20.0 Å². The maximum absolute atomic E-state index is 12.1. The molecule has 0 radical (unpaired) electrons. The van der Waals surface area contributed by atoms with Gasteiger partial charge in [0.15, 0.2) is 0 Å². The number of carbonyl (C=O) groups is 1. The van der Waals surface area contributed by atoms with E-state index in [0.717, 1.165) is 0 Å². The first kappa shape index (κ1) is 15.3. The van der Waals surface area contributed by atoms with Gasteiger partial charge in [-0.3, -0.25) is 14.9 Å². The Labute approximate surface area is 132 Å². The summed E-state index contributed by atoms with van der Waals surface area (Å²) in [5.74, 6) is -0.595. The topological polar surface area (TPSA) is 92.5 Å². The van der Waals surface area contributed by atoms with Crippen LogP contribution in [0.3, 0.4) is 0 Å². The van der Waals surface area contributed by atoms with Crippen LogP contribution in [-0.2, 0) is 0 Å². The zero-order valence-electron chi connectivity index (χ0n) is 10.3. The second-order valence-corrected chi connectivity index (χ2v) is 5.27. The van der Waals surface area contributed by atoms with E-state index in [1.54, 1.807) is 0 Å². The standard InChI is InChI=1S/C13H8BrClN2O4/c14-8-6-7(4-5-11(8)18)13(19)16-12-9(15)2-1-3-10(12)17(20)21/h1-6,18H,(H,16,19). The fourth-order valence-electron chi connectivity index (χ4n) is 1.62. The number of nitrogens with zero attached hydrogens (tertiary/aromatic N) is 1. The smallest absolute Gasteiger partial charge is 0.294 e. The summed E-state index contributed by atoms with van der Waals surface area (Å²) in [4.78, 5) is 22.4. The molecular formula is C13H8BrClN2O4. The molecule has 0 bridgehead atoms. The van der Waals surface area contributed by atoms with E-state index in [1.807, 2.05) is 0 Å². The van der Waals surface area contributed by atoms with Crippen molar-refractivity contribution in [1.29, 1.82) is 0 Å². The van der Waals surface area contributed by atoms with Crippen LogP contribution in [0, 0.1) is 10.1 Å². The van der Waals surface area contributed by atoms with Gasteiger partial charge in [0.05, 0.1) is 14.4 Å². The summed E-state index contributed by atoms with van der Waals surface area (Å²) < 4.78 is 0.337. The van der Waals surface area contributed by atoms with Crippen LogP contribution in [0.25, 0.3) is 0 Å². The Morgan fingerprint density at radius 1 is 1.33 bits per heavy atom. The van der Waals surface area contributed by atoms with E-state index in [4.69, 9.17) is 11.6 Å². The average molecular weight is 372 g/mol. The fraction of sp³-hybridized carbons (Fsp3) is 0. The van der Waals surface area contributed by atoms with E-state index in [-0.39, 0.29) is 27.7 Å². The molecule has 2 aromatic rings. The van der Waals surface area contributed by atoms with Crippen LogP contribution >= 0.6 is 27.5 Å². The lowest BCUT2D eigenvalue weighted by atomic mass is 10.2. The number of phenols is 1. The fourth-order valence-corrected chi connectivity index (χ4v) is 2.22. The summed E-state index contributed by atoms with van der Waals surface area (Å²) in [6.07, 6.45) is 0. The Bertz CT molecular complexity index is 736. The number of amides is 1. The van der Waals surface area contributed by atoms with Crippen LogP contribution in [0.4, 0.5) is 11.4 Å².